The highest BCUT2D eigenvalue weighted by atomic mass is 16.3. The first-order valence-corrected chi connectivity index (χ1v) is 32.2. The average molecular weight is 1300 g/mol. The molecular formula is C62H95N19O12. The number of benzene rings is 2. The van der Waals surface area contributed by atoms with Crippen LogP contribution in [0.5, 0.6) is 0 Å². The standard InChI is InChI=1S/C62H95N19O12/c63-27-9-7-20-40-51(84)74-41(21-8-10-28-64)53(86)76-43(23-12-30-70-62(67)68)58(91)81-33-15-26-49(81)60(93)80-32-13-24-47(80)56(89)71-36-50(83)72-44(34-38-16-3-1-4-17-38)54(87)78-46(37-82)59(92)79-31-14-25-48(79)57(90)77-45(35-39-18-5-2-6-19-39)55(88)75-42(52(85)73-40)22-11-29-69-61(65)66/h1-6,16-19,40-49,82H,7-15,20-37,63-64H2,(H,71,89)(H,72,83)(H,73,85)(H,74,84)(H,75,88)(H,76,86)(H,77,90)(H,78,87)(H4,65,66,69)(H4,67,68,70)/t40-,41-,42-,43-,44-,45-,46-,47-,48-,49-/m0/s1. The Morgan fingerprint density at radius 2 is 0.785 bits per heavy atom. The van der Waals surface area contributed by atoms with Gasteiger partial charge in [0.05, 0.1) is 13.2 Å². The Labute approximate surface area is 541 Å². The predicted octanol–water partition coefficient (Wildman–Crippen LogP) is -4.67. The lowest BCUT2D eigenvalue weighted by Gasteiger charge is -2.33. The highest BCUT2D eigenvalue weighted by Crippen LogP contribution is 2.27. The fourth-order valence-electron chi connectivity index (χ4n) is 12.0. The quantitative estimate of drug-likeness (QED) is 0.0317. The summed E-state index contributed by atoms with van der Waals surface area (Å²) in [5, 5.41) is 32.5. The van der Waals surface area contributed by atoms with E-state index < -0.39 is 139 Å². The second-order valence-electron chi connectivity index (χ2n) is 23.8. The number of fused-ring (bicyclic) bond motifs is 3. The van der Waals surface area contributed by atoms with E-state index in [-0.39, 0.29) is 128 Å². The van der Waals surface area contributed by atoms with Gasteiger partial charge in [-0.2, -0.15) is 0 Å². The second-order valence-corrected chi connectivity index (χ2v) is 23.8. The first-order chi connectivity index (χ1) is 44.7. The number of guanidine groups is 2. The molecule has 0 unspecified atom stereocenters. The SMILES string of the molecule is NCCCC[C@@H]1NC(=O)[C@H](CCCN=C(N)N)NC(=O)[C@H](Cc2ccccc2)NC(=O)[C@@H]2CCCN2C(=O)[C@H](CO)NC(=O)[C@H](Cc2ccccc2)NC(=O)CNC(=O)[C@@H]2CCCN2C(=O)[C@@H]2CCCN2C(=O)[C@H](CCCN=C(N)N)NC(=O)[C@H](CCCCN)NC1=O. The maximum absolute atomic E-state index is 14.9. The molecule has 6 rings (SSSR count). The molecule has 31 nitrogen and oxygen atoms in total. The molecule has 0 radical (unpaired) electrons. The zero-order valence-corrected chi connectivity index (χ0v) is 52.8. The number of hydrogen-bond donors (Lipinski definition) is 15. The van der Waals surface area contributed by atoms with Crippen molar-refractivity contribution in [2.24, 2.45) is 44.4 Å². The van der Waals surface area contributed by atoms with Crippen molar-refractivity contribution in [3.63, 3.8) is 0 Å². The summed E-state index contributed by atoms with van der Waals surface area (Å²) in [6.45, 7) is -0.709. The average Bonchev–Trinajstić information content (AvgIpc) is 1.73. The number of aliphatic hydroxyl groups excluding tert-OH is 1. The van der Waals surface area contributed by atoms with Crippen molar-refractivity contribution in [2.45, 2.75) is 176 Å². The first-order valence-electron chi connectivity index (χ1n) is 32.2. The van der Waals surface area contributed by atoms with Crippen LogP contribution < -0.4 is 76.9 Å². The minimum absolute atomic E-state index is 0.0171. The van der Waals surface area contributed by atoms with Crippen molar-refractivity contribution in [3.05, 3.63) is 71.8 Å². The van der Waals surface area contributed by atoms with E-state index >= 15 is 0 Å². The highest BCUT2D eigenvalue weighted by molar-refractivity contribution is 6.00. The molecule has 4 fully saturated rings. The molecule has 0 aromatic heterocycles. The fraction of sp³-hybridized carbons (Fsp3) is 0.597. The van der Waals surface area contributed by atoms with Gasteiger partial charge in [-0.25, -0.2) is 0 Å². The number of nitrogens with zero attached hydrogens (tertiary/aromatic N) is 5. The number of hydrogen-bond acceptors (Lipinski definition) is 16. The third kappa shape index (κ3) is 22.4. The van der Waals surface area contributed by atoms with E-state index in [1.807, 2.05) is 0 Å². The number of nitrogens with two attached hydrogens (primary N) is 6. The van der Waals surface area contributed by atoms with Crippen LogP contribution in [0.25, 0.3) is 0 Å². The molecule has 93 heavy (non-hydrogen) atoms. The Morgan fingerprint density at radius 1 is 0.419 bits per heavy atom. The Hall–Kier alpha value is -8.97. The maximum atomic E-state index is 14.9. The van der Waals surface area contributed by atoms with Crippen LogP contribution in [0, 0.1) is 0 Å². The van der Waals surface area contributed by atoms with Crippen molar-refractivity contribution in [1.29, 1.82) is 0 Å². The molecule has 21 N–H and O–H groups in total. The van der Waals surface area contributed by atoms with E-state index in [4.69, 9.17) is 34.4 Å². The van der Waals surface area contributed by atoms with Gasteiger partial charge in [-0.15, -0.1) is 0 Å². The van der Waals surface area contributed by atoms with E-state index in [1.165, 1.54) is 14.7 Å². The Balaban J connectivity index is 1.39. The van der Waals surface area contributed by atoms with Gasteiger partial charge >= 0.3 is 0 Å². The summed E-state index contributed by atoms with van der Waals surface area (Å²) in [6, 6.07) is 4.23. The van der Waals surface area contributed by atoms with Crippen molar-refractivity contribution in [1.82, 2.24) is 57.2 Å². The minimum atomic E-state index is -1.63. The number of aliphatic hydroxyl groups is 1. The van der Waals surface area contributed by atoms with Gasteiger partial charge in [-0.3, -0.25) is 62.7 Å². The van der Waals surface area contributed by atoms with Gasteiger partial charge in [0.25, 0.3) is 0 Å². The summed E-state index contributed by atoms with van der Waals surface area (Å²) < 4.78 is 0. The topological polar surface area (TPSA) is 495 Å². The van der Waals surface area contributed by atoms with Gasteiger partial charge in [0.1, 0.15) is 60.4 Å². The molecule has 0 aliphatic carbocycles. The monoisotopic (exact) mass is 1300 g/mol. The van der Waals surface area contributed by atoms with Crippen LogP contribution in [0.4, 0.5) is 0 Å². The highest BCUT2D eigenvalue weighted by Gasteiger charge is 2.45. The van der Waals surface area contributed by atoms with Crippen LogP contribution in [0.15, 0.2) is 70.6 Å². The lowest BCUT2D eigenvalue weighted by molar-refractivity contribution is -0.148. The smallest absolute Gasteiger partial charge is 0.248 e. The maximum Gasteiger partial charge on any atom is 0.248 e. The fourth-order valence-corrected chi connectivity index (χ4v) is 12.0. The van der Waals surface area contributed by atoms with Crippen molar-refractivity contribution in [2.75, 3.05) is 59.0 Å². The van der Waals surface area contributed by atoms with Crippen LogP contribution in [0.2, 0.25) is 0 Å². The van der Waals surface area contributed by atoms with Crippen molar-refractivity contribution < 1.29 is 57.8 Å². The van der Waals surface area contributed by atoms with E-state index in [9.17, 15) is 57.8 Å². The molecule has 0 spiro atoms. The molecule has 4 saturated heterocycles. The minimum Gasteiger partial charge on any atom is -0.394 e. The number of carbonyl (C=O) groups excluding carboxylic acids is 11. The summed E-state index contributed by atoms with van der Waals surface area (Å²) >= 11 is 0. The van der Waals surface area contributed by atoms with Crippen molar-refractivity contribution >= 4 is 76.9 Å². The molecule has 0 bridgehead atoms. The summed E-state index contributed by atoms with van der Waals surface area (Å²) in [5.41, 5.74) is 35.5. The van der Waals surface area contributed by atoms with Gasteiger partial charge < -0.3 is 96.7 Å². The number of aliphatic imine (C=N–C) groups is 2. The zero-order valence-electron chi connectivity index (χ0n) is 52.8. The first kappa shape index (κ1) is 73.1. The Kier molecular flexibility index (Phi) is 29.5. The summed E-state index contributed by atoms with van der Waals surface area (Å²) in [6.07, 6.45) is 3.28. The Bertz CT molecular complexity index is 2930. The van der Waals surface area contributed by atoms with Gasteiger partial charge in [-0.1, -0.05) is 60.7 Å². The number of rotatable bonds is 21. The van der Waals surface area contributed by atoms with Crippen molar-refractivity contribution in [3.8, 4) is 0 Å². The lowest BCUT2D eigenvalue weighted by Crippen LogP contribution is -2.61. The predicted molar refractivity (Wildman–Crippen MR) is 344 cm³/mol. The van der Waals surface area contributed by atoms with Gasteiger partial charge in [0.2, 0.25) is 65.0 Å². The molecule has 4 aliphatic rings. The molecular weight excluding hydrogens is 1200 g/mol. The number of unbranched alkanes of at least 4 members (excludes halogenated alkanes) is 2. The molecule has 4 aliphatic heterocycles. The molecule has 10 atom stereocenters. The number of carbonyl (C=O) groups is 11. The normalized spacial score (nSPS) is 25.4. The third-order valence-corrected chi connectivity index (χ3v) is 16.9. The summed E-state index contributed by atoms with van der Waals surface area (Å²) in [7, 11) is 0. The van der Waals surface area contributed by atoms with E-state index in [0.29, 0.717) is 56.1 Å². The molecule has 0 saturated carbocycles. The van der Waals surface area contributed by atoms with Gasteiger partial charge in [0.15, 0.2) is 11.9 Å². The number of nitrogens with one attached hydrogen (secondary N) is 8. The van der Waals surface area contributed by atoms with E-state index in [1.54, 1.807) is 60.7 Å². The second kappa shape index (κ2) is 37.5. The molecule has 2 aromatic rings. The molecule has 11 amide bonds. The van der Waals surface area contributed by atoms with Crippen LogP contribution >= 0.6 is 0 Å². The van der Waals surface area contributed by atoms with E-state index in [0.717, 1.165) is 0 Å². The number of amides is 11. The summed E-state index contributed by atoms with van der Waals surface area (Å²) in [5.74, 6) is -8.75. The van der Waals surface area contributed by atoms with Crippen LogP contribution in [-0.4, -0.2) is 216 Å². The van der Waals surface area contributed by atoms with Crippen LogP contribution in [-0.2, 0) is 65.6 Å². The van der Waals surface area contributed by atoms with Gasteiger partial charge in [0, 0.05) is 45.6 Å². The summed E-state index contributed by atoms with van der Waals surface area (Å²) in [4.78, 5) is 172. The third-order valence-electron chi connectivity index (χ3n) is 16.9. The molecule has 510 valence electrons. The zero-order chi connectivity index (χ0) is 67.4. The largest absolute Gasteiger partial charge is 0.394 e. The van der Waals surface area contributed by atoms with Crippen LogP contribution in [0.1, 0.15) is 114 Å². The molecule has 31 heteroatoms. The Morgan fingerprint density at radius 3 is 1.25 bits per heavy atom. The van der Waals surface area contributed by atoms with Gasteiger partial charge in [-0.05, 0) is 127 Å². The lowest BCUT2D eigenvalue weighted by atomic mass is 10.0. The van der Waals surface area contributed by atoms with Crippen LogP contribution in [0.3, 0.4) is 0 Å². The van der Waals surface area contributed by atoms with E-state index in [2.05, 4.69) is 52.5 Å². The molecule has 4 heterocycles. The molecule has 2 aromatic carbocycles.